The lowest BCUT2D eigenvalue weighted by Gasteiger charge is -2.25. The summed E-state index contributed by atoms with van der Waals surface area (Å²) in [6.07, 6.45) is 117. The van der Waals surface area contributed by atoms with Gasteiger partial charge < -0.3 is 28.5 Å². The molecule has 0 heterocycles. The number of carboxylic acids is 1. The van der Waals surface area contributed by atoms with Gasteiger partial charge in [0, 0.05) is 12.8 Å². The molecule has 0 aliphatic heterocycles. The molecule has 2 unspecified atom stereocenters. The Labute approximate surface area is 637 Å². The zero-order chi connectivity index (χ0) is 74.6. The number of nitrogens with zero attached hydrogens (tertiary/aromatic N) is 1. The van der Waals surface area contributed by atoms with E-state index in [1.165, 1.54) is 270 Å². The normalized spacial score (nSPS) is 13.2. The molecule has 594 valence electrons. The Balaban J connectivity index is 3.94. The van der Waals surface area contributed by atoms with Crippen LogP contribution in [0.4, 0.5) is 0 Å². The van der Waals surface area contributed by atoms with Crippen LogP contribution in [0.5, 0.6) is 0 Å². The van der Waals surface area contributed by atoms with Crippen molar-refractivity contribution in [1.29, 1.82) is 0 Å². The molecule has 1 N–H and O–H groups in total. The zero-order valence-corrected chi connectivity index (χ0v) is 68.2. The molecule has 0 aromatic carbocycles. The van der Waals surface area contributed by atoms with Crippen LogP contribution in [0.15, 0.2) is 122 Å². The van der Waals surface area contributed by atoms with Crippen LogP contribution in [0.2, 0.25) is 0 Å². The van der Waals surface area contributed by atoms with E-state index >= 15 is 0 Å². The zero-order valence-electron chi connectivity index (χ0n) is 68.2. The molecule has 9 nitrogen and oxygen atoms in total. The van der Waals surface area contributed by atoms with E-state index in [-0.39, 0.29) is 38.2 Å². The van der Waals surface area contributed by atoms with E-state index in [0.29, 0.717) is 17.4 Å². The predicted octanol–water partition coefficient (Wildman–Crippen LogP) is 28.6. The van der Waals surface area contributed by atoms with Crippen molar-refractivity contribution in [2.24, 2.45) is 0 Å². The maximum absolute atomic E-state index is 13.0. The van der Waals surface area contributed by atoms with E-state index in [4.69, 9.17) is 18.9 Å². The molecule has 0 aromatic rings. The van der Waals surface area contributed by atoms with Crippen LogP contribution in [0.3, 0.4) is 0 Å². The van der Waals surface area contributed by atoms with Gasteiger partial charge in [0.15, 0.2) is 6.10 Å². The van der Waals surface area contributed by atoms with Crippen molar-refractivity contribution in [3.63, 3.8) is 0 Å². The van der Waals surface area contributed by atoms with Gasteiger partial charge in [-0.15, -0.1) is 0 Å². The number of rotatable bonds is 81. The summed E-state index contributed by atoms with van der Waals surface area (Å²) in [5, 5.41) is 9.79. The topological polar surface area (TPSA) is 108 Å². The minimum Gasteiger partial charge on any atom is -0.477 e. The second-order valence-corrected chi connectivity index (χ2v) is 30.4. The lowest BCUT2D eigenvalue weighted by Crippen LogP contribution is -2.40. The average Bonchev–Trinajstić information content (AvgIpc) is 1.01. The van der Waals surface area contributed by atoms with Crippen LogP contribution in [0.25, 0.3) is 0 Å². The number of hydrogen-bond acceptors (Lipinski definition) is 7. The first-order chi connectivity index (χ1) is 50.6. The highest BCUT2D eigenvalue weighted by Gasteiger charge is 2.25. The molecule has 0 radical (unpaired) electrons. The predicted molar refractivity (Wildman–Crippen MR) is 447 cm³/mol. The third-order valence-electron chi connectivity index (χ3n) is 19.2. The molecular formula is C94H166NO8+. The van der Waals surface area contributed by atoms with Gasteiger partial charge in [0.05, 0.1) is 34.4 Å². The van der Waals surface area contributed by atoms with Gasteiger partial charge in [-0.25, -0.2) is 4.79 Å². The summed E-state index contributed by atoms with van der Waals surface area (Å²) >= 11 is 0. The van der Waals surface area contributed by atoms with Crippen LogP contribution < -0.4 is 0 Å². The first kappa shape index (κ1) is 98.7. The number of allylic oxidation sites excluding steroid dienone is 20. The summed E-state index contributed by atoms with van der Waals surface area (Å²) < 4.78 is 23.1. The van der Waals surface area contributed by atoms with E-state index in [2.05, 4.69) is 135 Å². The van der Waals surface area contributed by atoms with E-state index in [0.717, 1.165) is 103 Å². The van der Waals surface area contributed by atoms with Crippen LogP contribution in [-0.4, -0.2) is 87.4 Å². The molecule has 0 saturated carbocycles. The number of unbranched alkanes of at least 4 members (excludes halogenated alkanes) is 46. The lowest BCUT2D eigenvalue weighted by atomic mass is 10.0. The largest absolute Gasteiger partial charge is 0.477 e. The number of aliphatic carboxylic acids is 1. The highest BCUT2D eigenvalue weighted by atomic mass is 16.7. The Morgan fingerprint density at radius 1 is 0.291 bits per heavy atom. The smallest absolute Gasteiger partial charge is 0.361 e. The number of quaternary nitrogens is 1. The molecule has 0 bridgehead atoms. The SMILES string of the molecule is CC/C=C\C/C=C\C/C=C\C/C=C\C/C=C\C/C=C\CCCCCCCCCCCCCCCCCCCCCCCCC(=O)OC(COC(=O)CCCCCCCCCCCCCCCCCCCCCCCCCC/C=C\C/C=C\C/C=C\C/C=C\CC)COC(OCC[N+](C)(C)C)C(=O)O. The van der Waals surface area contributed by atoms with Gasteiger partial charge in [0.25, 0.3) is 6.29 Å². The highest BCUT2D eigenvalue weighted by Crippen LogP contribution is 2.20. The molecule has 0 aliphatic carbocycles. The fourth-order valence-electron chi connectivity index (χ4n) is 12.7. The molecule has 103 heavy (non-hydrogen) atoms. The Morgan fingerprint density at radius 3 is 0.777 bits per heavy atom. The summed E-state index contributed by atoms with van der Waals surface area (Å²) in [6.45, 7) is 4.70. The molecule has 0 fully saturated rings. The van der Waals surface area contributed by atoms with E-state index < -0.39 is 18.4 Å². The summed E-state index contributed by atoms with van der Waals surface area (Å²) in [6, 6.07) is 0. The lowest BCUT2D eigenvalue weighted by molar-refractivity contribution is -0.870. The van der Waals surface area contributed by atoms with Gasteiger partial charge in [-0.3, -0.25) is 9.59 Å². The molecule has 0 amide bonds. The van der Waals surface area contributed by atoms with Crippen LogP contribution in [-0.2, 0) is 33.3 Å². The van der Waals surface area contributed by atoms with Crippen LogP contribution in [0.1, 0.15) is 399 Å². The third-order valence-corrected chi connectivity index (χ3v) is 19.2. The van der Waals surface area contributed by atoms with E-state index in [9.17, 15) is 19.5 Å². The first-order valence-corrected chi connectivity index (χ1v) is 43.7. The van der Waals surface area contributed by atoms with Crippen molar-refractivity contribution >= 4 is 17.9 Å². The van der Waals surface area contributed by atoms with E-state index in [1.54, 1.807) is 0 Å². The Bertz CT molecular complexity index is 2120. The van der Waals surface area contributed by atoms with Crippen molar-refractivity contribution in [3.05, 3.63) is 122 Å². The summed E-state index contributed by atoms with van der Waals surface area (Å²) in [4.78, 5) is 37.8. The Hall–Kier alpha value is -4.31. The fourth-order valence-corrected chi connectivity index (χ4v) is 12.7. The number of carbonyl (C=O) groups excluding carboxylic acids is 2. The number of carboxylic acid groups (broad SMARTS) is 1. The molecule has 0 spiro atoms. The molecule has 0 aromatic heterocycles. The summed E-state index contributed by atoms with van der Waals surface area (Å²) in [5.41, 5.74) is 0. The maximum atomic E-state index is 13.0. The van der Waals surface area contributed by atoms with Crippen molar-refractivity contribution in [1.82, 2.24) is 0 Å². The number of ether oxygens (including phenoxy) is 4. The maximum Gasteiger partial charge on any atom is 0.361 e. The quantitative estimate of drug-likeness (QED) is 0.0211. The van der Waals surface area contributed by atoms with Gasteiger partial charge in [-0.2, -0.15) is 0 Å². The van der Waals surface area contributed by atoms with Gasteiger partial charge in [0.1, 0.15) is 13.2 Å². The van der Waals surface area contributed by atoms with Crippen molar-refractivity contribution < 1.29 is 42.9 Å². The molecule has 0 rings (SSSR count). The number of hydrogen-bond donors (Lipinski definition) is 1. The Kier molecular flexibility index (Phi) is 79.8. The minimum absolute atomic E-state index is 0.179. The Morgan fingerprint density at radius 2 is 0.524 bits per heavy atom. The van der Waals surface area contributed by atoms with Gasteiger partial charge in [-0.1, -0.05) is 405 Å². The first-order valence-electron chi connectivity index (χ1n) is 43.7. The summed E-state index contributed by atoms with van der Waals surface area (Å²) in [7, 11) is 6.00. The summed E-state index contributed by atoms with van der Waals surface area (Å²) in [5.74, 6) is -1.98. The molecule has 0 saturated heterocycles. The van der Waals surface area contributed by atoms with Gasteiger partial charge in [-0.05, 0) is 103 Å². The third kappa shape index (κ3) is 84.8. The highest BCUT2D eigenvalue weighted by molar-refractivity contribution is 5.71. The molecule has 0 aliphatic rings. The van der Waals surface area contributed by atoms with E-state index in [1.807, 2.05) is 21.1 Å². The molecule has 9 heteroatoms. The second-order valence-electron chi connectivity index (χ2n) is 30.4. The monoisotopic (exact) mass is 1440 g/mol. The standard InChI is InChI=1S/C94H165NO8/c1-6-8-10-12-14-16-18-20-22-24-26-28-30-32-34-36-38-40-42-44-45-46-47-49-51-53-55-57-59-61-63-65-67-69-71-73-75-77-79-81-83-85-92(97)103-90(89-102-94(93(98)99)100-87-86-95(3,4)5)88-101-91(96)84-82-80-78-76-74-72-70-68-66-64-62-60-58-56-54-52-50-48-43-41-39-37-35-33-31-29-27-25-23-21-19-17-15-13-11-9-7-2/h8-11,14-17,20-23,26-29,32,34,38,40,90,94H,6-7,12-13,18-19,24-25,30-31,33,35-37,39,41-89H2,1-5H3/p+1/b10-8-,11-9-,16-14-,17-15-,22-20-,23-21-,28-26-,29-27-,34-32-,40-38-. The average molecular weight is 1440 g/mol. The van der Waals surface area contributed by atoms with Gasteiger partial charge in [0.2, 0.25) is 0 Å². The number of esters is 2. The van der Waals surface area contributed by atoms with Crippen molar-refractivity contribution in [3.8, 4) is 0 Å². The number of carbonyl (C=O) groups is 3. The number of likely N-dealkylation sites (N-methyl/N-ethyl adjacent to an activating group) is 1. The second kappa shape index (κ2) is 83.3. The minimum atomic E-state index is -1.51. The van der Waals surface area contributed by atoms with Crippen LogP contribution in [0, 0.1) is 0 Å². The molecule has 2 atom stereocenters. The van der Waals surface area contributed by atoms with Crippen LogP contribution >= 0.6 is 0 Å². The fraction of sp³-hybridized carbons (Fsp3) is 0.755. The van der Waals surface area contributed by atoms with Gasteiger partial charge >= 0.3 is 17.9 Å². The van der Waals surface area contributed by atoms with Crippen molar-refractivity contribution in [2.45, 2.75) is 411 Å². The van der Waals surface area contributed by atoms with Crippen molar-refractivity contribution in [2.75, 3.05) is 47.5 Å². The molecular weight excluding hydrogens is 1270 g/mol.